The van der Waals surface area contributed by atoms with Crippen molar-refractivity contribution >= 4 is 46.2 Å². The zero-order chi connectivity index (χ0) is 18.7. The molecule has 0 fully saturated rings. The molecule has 0 atom stereocenters. The van der Waals surface area contributed by atoms with Crippen molar-refractivity contribution in [1.29, 1.82) is 0 Å². The van der Waals surface area contributed by atoms with Crippen LogP contribution in [0.5, 0.6) is 0 Å². The fraction of sp³-hybridized carbons (Fsp3) is 0.294. The van der Waals surface area contributed by atoms with Crippen LogP contribution in [0.2, 0.25) is 0 Å². The molecule has 10 heteroatoms. The second-order valence-corrected chi connectivity index (χ2v) is 6.65. The number of alkyl halides is 3. The summed E-state index contributed by atoms with van der Waals surface area (Å²) in [6.07, 6.45) is -0.426. The molecule has 3 rings (SSSR count). The molecule has 0 aliphatic rings. The molecule has 2 heterocycles. The first-order valence-electron chi connectivity index (χ1n) is 7.86. The van der Waals surface area contributed by atoms with Gasteiger partial charge >= 0.3 is 6.18 Å². The molecule has 3 aromatic rings. The van der Waals surface area contributed by atoms with Gasteiger partial charge in [-0.3, -0.25) is 9.39 Å². The minimum atomic E-state index is -4.32. The van der Waals surface area contributed by atoms with Gasteiger partial charge in [0.1, 0.15) is 0 Å². The largest absolute Gasteiger partial charge is 0.416 e. The molecule has 0 saturated carbocycles. The molecule has 0 radical (unpaired) electrons. The van der Waals surface area contributed by atoms with Gasteiger partial charge < -0.3 is 10.2 Å². The summed E-state index contributed by atoms with van der Waals surface area (Å²) < 4.78 is 39.9. The third kappa shape index (κ3) is 5.34. The highest BCUT2D eigenvalue weighted by Crippen LogP contribution is 2.29. The normalized spacial score (nSPS) is 12.1. The summed E-state index contributed by atoms with van der Waals surface area (Å²) in [4.78, 5) is 11.5. The minimum absolute atomic E-state index is 0. The van der Waals surface area contributed by atoms with E-state index in [4.69, 9.17) is 0 Å². The highest BCUT2D eigenvalue weighted by molar-refractivity contribution is 14.0. The van der Waals surface area contributed by atoms with E-state index in [1.165, 1.54) is 12.1 Å². The third-order valence-corrected chi connectivity index (χ3v) is 4.62. The van der Waals surface area contributed by atoms with Gasteiger partial charge in [-0.05, 0) is 17.7 Å². The topological polar surface area (TPSA) is 44.9 Å². The molecular formula is C17H19F3IN5S. The number of halogens is 4. The van der Waals surface area contributed by atoms with Crippen molar-refractivity contribution in [1.82, 2.24) is 19.6 Å². The van der Waals surface area contributed by atoms with E-state index in [-0.39, 0.29) is 24.0 Å². The zero-order valence-corrected chi connectivity index (χ0v) is 17.8. The number of hydrogen-bond acceptors (Lipinski definition) is 3. The number of fused-ring (bicyclic) bond motifs is 1. The maximum absolute atomic E-state index is 12.6. The Kier molecular flexibility index (Phi) is 7.09. The van der Waals surface area contributed by atoms with Gasteiger partial charge in [0.2, 0.25) is 0 Å². The number of nitrogens with one attached hydrogen (secondary N) is 1. The van der Waals surface area contributed by atoms with Crippen LogP contribution in [0.25, 0.3) is 4.96 Å². The summed E-state index contributed by atoms with van der Waals surface area (Å²) in [6.45, 7) is 0.953. The number of guanidine groups is 1. The van der Waals surface area contributed by atoms with Crippen molar-refractivity contribution in [3.05, 3.63) is 58.9 Å². The summed E-state index contributed by atoms with van der Waals surface area (Å²) in [5.74, 6) is 0.640. The van der Waals surface area contributed by atoms with Crippen LogP contribution in [0.1, 0.15) is 16.8 Å². The molecule has 5 nitrogen and oxygen atoms in total. The second kappa shape index (κ2) is 8.91. The lowest BCUT2D eigenvalue weighted by atomic mass is 10.1. The molecule has 1 aromatic carbocycles. The van der Waals surface area contributed by atoms with E-state index in [0.29, 0.717) is 19.0 Å². The summed E-state index contributed by atoms with van der Waals surface area (Å²) in [5, 5.41) is 5.19. The van der Waals surface area contributed by atoms with E-state index in [1.807, 2.05) is 34.1 Å². The maximum Gasteiger partial charge on any atom is 0.416 e. The van der Waals surface area contributed by atoms with Crippen LogP contribution in [-0.2, 0) is 19.3 Å². The molecule has 146 valence electrons. The molecule has 0 aliphatic heterocycles. The first-order chi connectivity index (χ1) is 12.4. The van der Waals surface area contributed by atoms with Crippen molar-refractivity contribution in [2.24, 2.45) is 4.99 Å². The Balaban J connectivity index is 0.00000261. The van der Waals surface area contributed by atoms with Crippen molar-refractivity contribution < 1.29 is 13.2 Å². The van der Waals surface area contributed by atoms with Crippen LogP contribution in [0, 0.1) is 0 Å². The Bertz CT molecular complexity index is 873. The highest BCUT2D eigenvalue weighted by atomic mass is 127. The number of benzene rings is 1. The average Bonchev–Trinajstić information content (AvgIpc) is 3.16. The standard InChI is InChI=1S/C17H18F3N5S.HI/c1-21-15(22-9-14-11-25-7-8-26-16(25)23-14)24(2)10-12-3-5-13(6-4-12)17(18,19)20;/h3-8,11H,9-10H2,1-2H3,(H,21,22);1H. The van der Waals surface area contributed by atoms with Crippen LogP contribution < -0.4 is 5.32 Å². The molecule has 1 N–H and O–H groups in total. The maximum atomic E-state index is 12.6. The van der Waals surface area contributed by atoms with Gasteiger partial charge in [-0.2, -0.15) is 13.2 Å². The molecule has 0 bridgehead atoms. The van der Waals surface area contributed by atoms with Gasteiger partial charge in [-0.1, -0.05) is 12.1 Å². The SMILES string of the molecule is CN=C(NCc1cn2ccsc2n1)N(C)Cc1ccc(C(F)(F)F)cc1.I. The van der Waals surface area contributed by atoms with Gasteiger partial charge in [0.15, 0.2) is 10.9 Å². The van der Waals surface area contributed by atoms with Crippen molar-refractivity contribution in [2.45, 2.75) is 19.3 Å². The van der Waals surface area contributed by atoms with Gasteiger partial charge in [0.05, 0.1) is 17.8 Å². The van der Waals surface area contributed by atoms with Crippen LogP contribution in [0.3, 0.4) is 0 Å². The number of hydrogen-bond donors (Lipinski definition) is 1. The van der Waals surface area contributed by atoms with E-state index in [9.17, 15) is 13.2 Å². The number of imidazole rings is 1. The van der Waals surface area contributed by atoms with E-state index in [1.54, 1.807) is 18.4 Å². The van der Waals surface area contributed by atoms with Gasteiger partial charge in [0, 0.05) is 38.4 Å². The number of aromatic nitrogens is 2. The van der Waals surface area contributed by atoms with Crippen LogP contribution in [-0.4, -0.2) is 34.3 Å². The Morgan fingerprint density at radius 2 is 2.00 bits per heavy atom. The Hall–Kier alpha value is -1.82. The highest BCUT2D eigenvalue weighted by Gasteiger charge is 2.29. The lowest BCUT2D eigenvalue weighted by Gasteiger charge is -2.22. The van der Waals surface area contributed by atoms with E-state index in [0.717, 1.165) is 28.4 Å². The monoisotopic (exact) mass is 509 g/mol. The van der Waals surface area contributed by atoms with E-state index >= 15 is 0 Å². The fourth-order valence-electron chi connectivity index (χ4n) is 2.56. The minimum Gasteiger partial charge on any atom is -0.351 e. The van der Waals surface area contributed by atoms with Crippen molar-refractivity contribution in [3.63, 3.8) is 0 Å². The molecule has 0 spiro atoms. The fourth-order valence-corrected chi connectivity index (χ4v) is 3.28. The first-order valence-corrected chi connectivity index (χ1v) is 8.74. The number of aliphatic imine (C=N–C) groups is 1. The Morgan fingerprint density at radius 3 is 2.59 bits per heavy atom. The van der Waals surface area contributed by atoms with Crippen LogP contribution >= 0.6 is 35.3 Å². The lowest BCUT2D eigenvalue weighted by molar-refractivity contribution is -0.137. The third-order valence-electron chi connectivity index (χ3n) is 3.85. The van der Waals surface area contributed by atoms with Gasteiger partial charge in [0.25, 0.3) is 0 Å². The number of rotatable bonds is 4. The smallest absolute Gasteiger partial charge is 0.351 e. The van der Waals surface area contributed by atoms with Crippen molar-refractivity contribution in [3.8, 4) is 0 Å². The Labute approximate surface area is 176 Å². The van der Waals surface area contributed by atoms with E-state index < -0.39 is 11.7 Å². The average molecular weight is 509 g/mol. The molecule has 0 amide bonds. The number of thiazole rings is 1. The van der Waals surface area contributed by atoms with Crippen LogP contribution in [0.4, 0.5) is 13.2 Å². The lowest BCUT2D eigenvalue weighted by Crippen LogP contribution is -2.38. The summed E-state index contributed by atoms with van der Waals surface area (Å²) in [6, 6.07) is 5.15. The quantitative estimate of drug-likeness (QED) is 0.325. The first kappa shape index (κ1) is 21.5. The van der Waals surface area contributed by atoms with Crippen LogP contribution in [0.15, 0.2) is 47.0 Å². The second-order valence-electron chi connectivity index (χ2n) is 5.78. The Morgan fingerprint density at radius 1 is 1.30 bits per heavy atom. The summed E-state index contributed by atoms with van der Waals surface area (Å²) in [5.41, 5.74) is 1.01. The zero-order valence-electron chi connectivity index (χ0n) is 14.7. The predicted molar refractivity (Wildman–Crippen MR) is 112 cm³/mol. The summed E-state index contributed by atoms with van der Waals surface area (Å²) >= 11 is 1.56. The predicted octanol–water partition coefficient (Wildman–Crippen LogP) is 4.24. The van der Waals surface area contributed by atoms with Crippen molar-refractivity contribution in [2.75, 3.05) is 14.1 Å². The molecule has 0 unspecified atom stereocenters. The molecule has 2 aromatic heterocycles. The summed E-state index contributed by atoms with van der Waals surface area (Å²) in [7, 11) is 3.50. The molecular weight excluding hydrogens is 490 g/mol. The number of nitrogens with zero attached hydrogens (tertiary/aromatic N) is 4. The molecule has 27 heavy (non-hydrogen) atoms. The molecule has 0 aliphatic carbocycles. The molecule has 0 saturated heterocycles. The van der Waals surface area contributed by atoms with Gasteiger partial charge in [-0.25, -0.2) is 4.98 Å². The van der Waals surface area contributed by atoms with Gasteiger partial charge in [-0.15, -0.1) is 35.3 Å². The van der Waals surface area contributed by atoms with E-state index in [2.05, 4.69) is 15.3 Å².